The largest absolute Gasteiger partial charge is 0.380 e. The van der Waals surface area contributed by atoms with Crippen molar-refractivity contribution in [2.24, 2.45) is 10.8 Å². The third-order valence-corrected chi connectivity index (χ3v) is 8.94. The summed E-state index contributed by atoms with van der Waals surface area (Å²) in [7, 11) is 0. The van der Waals surface area contributed by atoms with E-state index in [1.165, 1.54) is 11.1 Å². The van der Waals surface area contributed by atoms with E-state index in [0.717, 1.165) is 78.0 Å². The molecule has 2 saturated heterocycles. The first-order valence-corrected chi connectivity index (χ1v) is 13.4. The zero-order chi connectivity index (χ0) is 24.0. The van der Waals surface area contributed by atoms with E-state index in [0.29, 0.717) is 12.0 Å². The van der Waals surface area contributed by atoms with E-state index in [4.69, 9.17) is 18.9 Å². The van der Waals surface area contributed by atoms with E-state index in [2.05, 4.69) is 65.8 Å². The van der Waals surface area contributed by atoms with Crippen LogP contribution >= 0.6 is 0 Å². The van der Waals surface area contributed by atoms with E-state index < -0.39 is 0 Å². The maximum absolute atomic E-state index is 6.66. The van der Waals surface area contributed by atoms with Crippen LogP contribution in [0.5, 0.6) is 0 Å². The zero-order valence-electron chi connectivity index (χ0n) is 22.1. The van der Waals surface area contributed by atoms with Gasteiger partial charge in [0.15, 0.2) is 0 Å². The third-order valence-electron chi connectivity index (χ3n) is 8.94. The Balaban J connectivity index is 1.66. The van der Waals surface area contributed by atoms with Gasteiger partial charge in [-0.3, -0.25) is 0 Å². The van der Waals surface area contributed by atoms with Gasteiger partial charge in [-0.1, -0.05) is 65.8 Å². The van der Waals surface area contributed by atoms with Gasteiger partial charge in [-0.15, -0.1) is 0 Å². The second-order valence-corrected chi connectivity index (χ2v) is 10.7. The summed E-state index contributed by atoms with van der Waals surface area (Å²) in [4.78, 5) is 0. The molecule has 2 aliphatic rings. The molecule has 2 fully saturated rings. The van der Waals surface area contributed by atoms with Gasteiger partial charge >= 0.3 is 0 Å². The van der Waals surface area contributed by atoms with Crippen LogP contribution in [-0.4, -0.2) is 38.6 Å². The van der Waals surface area contributed by atoms with Gasteiger partial charge in [-0.25, -0.2) is 0 Å². The predicted octanol–water partition coefficient (Wildman–Crippen LogP) is 7.04. The second-order valence-electron chi connectivity index (χ2n) is 10.7. The predicted molar refractivity (Wildman–Crippen MR) is 134 cm³/mol. The van der Waals surface area contributed by atoms with Gasteiger partial charge in [0.1, 0.15) is 0 Å². The normalized spacial score (nSPS) is 19.7. The Hall–Kier alpha value is -0.940. The van der Waals surface area contributed by atoms with Crippen molar-refractivity contribution in [2.75, 3.05) is 33.0 Å². The highest BCUT2D eigenvalue weighted by Gasteiger charge is 2.44. The van der Waals surface area contributed by atoms with Crippen molar-refractivity contribution < 1.29 is 18.9 Å². The first kappa shape index (κ1) is 26.7. The monoisotopic (exact) mass is 460 g/mol. The summed E-state index contributed by atoms with van der Waals surface area (Å²) in [6.07, 6.45) is 7.37. The Morgan fingerprint density at radius 2 is 1.27 bits per heavy atom. The van der Waals surface area contributed by atoms with Gasteiger partial charge in [0.05, 0.1) is 50.8 Å². The molecule has 1 aromatic rings. The van der Waals surface area contributed by atoms with Gasteiger partial charge in [0.2, 0.25) is 0 Å². The van der Waals surface area contributed by atoms with Crippen molar-refractivity contribution in [1.82, 2.24) is 0 Å². The number of benzene rings is 1. The average molecular weight is 461 g/mol. The van der Waals surface area contributed by atoms with E-state index >= 15 is 0 Å². The molecule has 1 aromatic carbocycles. The minimum atomic E-state index is -0.231. The molecule has 188 valence electrons. The molecule has 2 heterocycles. The summed E-state index contributed by atoms with van der Waals surface area (Å²) >= 11 is 0. The molecule has 0 saturated carbocycles. The van der Waals surface area contributed by atoms with Crippen LogP contribution in [0.4, 0.5) is 0 Å². The highest BCUT2D eigenvalue weighted by Crippen LogP contribution is 2.43. The van der Waals surface area contributed by atoms with Crippen molar-refractivity contribution in [3.8, 4) is 0 Å². The maximum atomic E-state index is 6.66. The first-order valence-electron chi connectivity index (χ1n) is 13.4. The molecule has 2 aliphatic heterocycles. The van der Waals surface area contributed by atoms with Crippen molar-refractivity contribution >= 4 is 0 Å². The quantitative estimate of drug-likeness (QED) is 0.281. The number of hydrogen-bond acceptors (Lipinski definition) is 4. The molecule has 0 spiro atoms. The summed E-state index contributed by atoms with van der Waals surface area (Å²) in [5.74, 6) is 0. The molecule has 0 bridgehead atoms. The number of ether oxygens (including phenoxy) is 4. The van der Waals surface area contributed by atoms with Crippen LogP contribution < -0.4 is 0 Å². The van der Waals surface area contributed by atoms with Gasteiger partial charge < -0.3 is 18.9 Å². The minimum absolute atomic E-state index is 0.0719. The fourth-order valence-corrected chi connectivity index (χ4v) is 5.42. The molecule has 0 atom stereocenters. The number of rotatable bonds is 15. The fraction of sp³-hybridized carbons (Fsp3) is 0.793. The summed E-state index contributed by atoms with van der Waals surface area (Å²) in [5, 5.41) is 0. The van der Waals surface area contributed by atoms with Crippen molar-refractivity contribution in [3.05, 3.63) is 35.4 Å². The van der Waals surface area contributed by atoms with Crippen molar-refractivity contribution in [2.45, 2.75) is 104 Å². The lowest BCUT2D eigenvalue weighted by molar-refractivity contribution is -0.185. The van der Waals surface area contributed by atoms with Crippen LogP contribution in [0.1, 0.15) is 97.6 Å². The van der Waals surface area contributed by atoms with E-state index in [1.807, 2.05) is 0 Å². The average Bonchev–Trinajstić information content (AvgIpc) is 2.81. The lowest BCUT2D eigenvalue weighted by Crippen LogP contribution is -2.49. The Bertz CT molecular complexity index is 699. The molecule has 0 unspecified atom stereocenters. The summed E-state index contributed by atoms with van der Waals surface area (Å²) in [5.41, 5.74) is 2.71. The van der Waals surface area contributed by atoms with Crippen LogP contribution in [-0.2, 0) is 31.2 Å². The molecule has 4 nitrogen and oxygen atoms in total. The van der Waals surface area contributed by atoms with E-state index in [1.54, 1.807) is 0 Å². The van der Waals surface area contributed by atoms with Crippen LogP contribution in [0.3, 0.4) is 0 Å². The Labute approximate surface area is 202 Å². The smallest absolute Gasteiger partial charge is 0.0926 e. The van der Waals surface area contributed by atoms with Crippen LogP contribution in [0.25, 0.3) is 0 Å². The minimum Gasteiger partial charge on any atom is -0.380 e. The summed E-state index contributed by atoms with van der Waals surface area (Å²) in [6, 6.07) is 8.99. The molecule has 4 heteroatoms. The lowest BCUT2D eigenvalue weighted by atomic mass is 9.72. The molecule has 0 radical (unpaired) electrons. The Morgan fingerprint density at radius 3 is 1.67 bits per heavy atom. The molecule has 33 heavy (non-hydrogen) atoms. The van der Waals surface area contributed by atoms with Crippen molar-refractivity contribution in [3.63, 3.8) is 0 Å². The van der Waals surface area contributed by atoms with Crippen LogP contribution in [0, 0.1) is 10.8 Å². The standard InChI is InChI=1S/C29H48O4/c1-7-26(19-30-20-26)18-28(9-3,10-4)32-17-24-13-15-25(16-14-24)29(11-5,12-6)33-23-27(8-2)21-31-22-27/h13-16H,7-12,17-23H2,1-6H3. The summed E-state index contributed by atoms with van der Waals surface area (Å²) < 4.78 is 24.4. The molecule has 0 amide bonds. The highest BCUT2D eigenvalue weighted by molar-refractivity contribution is 5.27. The molecule has 0 aromatic heterocycles. The van der Waals surface area contributed by atoms with Crippen molar-refractivity contribution in [1.29, 1.82) is 0 Å². The maximum Gasteiger partial charge on any atom is 0.0926 e. The molecular formula is C29H48O4. The molecule has 3 rings (SSSR count). The Morgan fingerprint density at radius 1 is 0.727 bits per heavy atom. The molecular weight excluding hydrogens is 412 g/mol. The molecule has 0 aliphatic carbocycles. The second kappa shape index (κ2) is 11.2. The van der Waals surface area contributed by atoms with E-state index in [9.17, 15) is 0 Å². The third kappa shape index (κ3) is 5.66. The molecule has 0 N–H and O–H groups in total. The van der Waals surface area contributed by atoms with Gasteiger partial charge in [-0.05, 0) is 56.1 Å². The Kier molecular flexibility index (Phi) is 9.05. The highest BCUT2D eigenvalue weighted by atomic mass is 16.5. The van der Waals surface area contributed by atoms with Gasteiger partial charge in [0.25, 0.3) is 0 Å². The van der Waals surface area contributed by atoms with Gasteiger partial charge in [0, 0.05) is 10.8 Å². The van der Waals surface area contributed by atoms with Crippen LogP contribution in [0.15, 0.2) is 24.3 Å². The first-order chi connectivity index (χ1) is 15.9. The fourth-order valence-electron chi connectivity index (χ4n) is 5.42. The lowest BCUT2D eigenvalue weighted by Gasteiger charge is -2.47. The zero-order valence-corrected chi connectivity index (χ0v) is 22.1. The van der Waals surface area contributed by atoms with Crippen LogP contribution in [0.2, 0.25) is 0 Å². The topological polar surface area (TPSA) is 36.9 Å². The van der Waals surface area contributed by atoms with Gasteiger partial charge in [-0.2, -0.15) is 0 Å². The summed E-state index contributed by atoms with van der Waals surface area (Å²) in [6.45, 7) is 18.4. The van der Waals surface area contributed by atoms with E-state index in [-0.39, 0.29) is 16.6 Å². The SMILES string of the molecule is CCC1(COC(CC)(CC)c2ccc(COC(CC)(CC)CC3(CC)COC3)cc2)COC1. The number of hydrogen-bond donors (Lipinski definition) is 0.